The molecule has 0 fully saturated rings. The van der Waals surface area contributed by atoms with Crippen LogP contribution in [-0.4, -0.2) is 13.0 Å². The van der Waals surface area contributed by atoms with Gasteiger partial charge < -0.3 is 0 Å². The third-order valence-corrected chi connectivity index (χ3v) is 3.87. The maximum Gasteiger partial charge on any atom is 0.295 e. The fourth-order valence-corrected chi connectivity index (χ4v) is 2.77. The molecule has 2 aromatic carbocycles. The second-order valence-electron chi connectivity index (χ2n) is 4.37. The van der Waals surface area contributed by atoms with Crippen molar-refractivity contribution in [3.63, 3.8) is 0 Å². The van der Waals surface area contributed by atoms with Gasteiger partial charge in [-0.05, 0) is 18.6 Å². The maximum atomic E-state index is 13.8. The van der Waals surface area contributed by atoms with Gasteiger partial charge in [0.2, 0.25) is 5.82 Å². The Bertz CT molecular complexity index is 849. The van der Waals surface area contributed by atoms with Crippen molar-refractivity contribution >= 4 is 10.1 Å². The molecule has 2 aromatic rings. The highest BCUT2D eigenvalue weighted by Gasteiger charge is 2.30. The van der Waals surface area contributed by atoms with Crippen LogP contribution in [0.1, 0.15) is 5.56 Å². The van der Waals surface area contributed by atoms with Gasteiger partial charge in [-0.1, -0.05) is 12.1 Å². The zero-order valence-corrected chi connectivity index (χ0v) is 11.6. The highest BCUT2D eigenvalue weighted by Crippen LogP contribution is 2.37. The summed E-state index contributed by atoms with van der Waals surface area (Å²) in [4.78, 5) is -0.962. The Morgan fingerprint density at radius 2 is 1.27 bits per heavy atom. The van der Waals surface area contributed by atoms with Crippen molar-refractivity contribution in [1.82, 2.24) is 0 Å². The van der Waals surface area contributed by atoms with Crippen molar-refractivity contribution in [3.8, 4) is 11.1 Å². The minimum Gasteiger partial charge on any atom is -0.282 e. The molecule has 3 nitrogen and oxygen atoms in total. The lowest BCUT2D eigenvalue weighted by atomic mass is 9.99. The molecule has 118 valence electrons. The van der Waals surface area contributed by atoms with Gasteiger partial charge in [-0.25, -0.2) is 22.0 Å². The molecule has 0 unspecified atom stereocenters. The van der Waals surface area contributed by atoms with Crippen LogP contribution >= 0.6 is 0 Å². The standard InChI is InChI=1S/C13H7F5O3S/c1-5-3-2-4-6(22(19,20)21)7(5)8-9(14)11(16)13(18)12(17)10(8)15/h2-4H,1H3,(H,19,20,21). The maximum absolute atomic E-state index is 13.8. The minimum atomic E-state index is -4.95. The fourth-order valence-electron chi connectivity index (χ4n) is 2.00. The van der Waals surface area contributed by atoms with Crippen LogP contribution in [0, 0.1) is 36.0 Å². The van der Waals surface area contributed by atoms with Crippen molar-refractivity contribution in [2.75, 3.05) is 0 Å². The molecular formula is C13H7F5O3S. The van der Waals surface area contributed by atoms with Crippen molar-refractivity contribution in [3.05, 3.63) is 52.8 Å². The monoisotopic (exact) mass is 338 g/mol. The Balaban J connectivity index is 3.03. The van der Waals surface area contributed by atoms with Crippen molar-refractivity contribution in [2.45, 2.75) is 11.8 Å². The molecule has 0 radical (unpaired) electrons. The number of rotatable bonds is 2. The molecule has 0 aliphatic rings. The lowest BCUT2D eigenvalue weighted by Crippen LogP contribution is -2.08. The molecule has 0 saturated heterocycles. The normalized spacial score (nSPS) is 11.8. The van der Waals surface area contributed by atoms with Gasteiger partial charge in [0.25, 0.3) is 10.1 Å². The second-order valence-corrected chi connectivity index (χ2v) is 5.76. The van der Waals surface area contributed by atoms with Gasteiger partial charge >= 0.3 is 0 Å². The topological polar surface area (TPSA) is 54.4 Å². The molecule has 0 atom stereocenters. The first-order chi connectivity index (χ1) is 10.1. The van der Waals surface area contributed by atoms with Crippen LogP contribution < -0.4 is 0 Å². The van der Waals surface area contributed by atoms with Gasteiger partial charge in [-0.15, -0.1) is 0 Å². The van der Waals surface area contributed by atoms with Gasteiger partial charge in [0.05, 0.1) is 5.56 Å². The molecule has 0 amide bonds. The summed E-state index contributed by atoms with van der Waals surface area (Å²) in [7, 11) is -4.95. The average Bonchev–Trinajstić information content (AvgIpc) is 2.43. The predicted octanol–water partition coefficient (Wildman–Crippen LogP) is 3.60. The van der Waals surface area contributed by atoms with E-state index in [9.17, 15) is 30.4 Å². The zero-order chi connectivity index (χ0) is 16.8. The van der Waals surface area contributed by atoms with Gasteiger partial charge in [-0.2, -0.15) is 8.42 Å². The molecule has 22 heavy (non-hydrogen) atoms. The summed E-state index contributed by atoms with van der Waals surface area (Å²) in [5.41, 5.74) is -2.31. The smallest absolute Gasteiger partial charge is 0.282 e. The van der Waals surface area contributed by atoms with Gasteiger partial charge in [-0.3, -0.25) is 4.55 Å². The van der Waals surface area contributed by atoms with E-state index in [1.165, 1.54) is 13.0 Å². The van der Waals surface area contributed by atoms with E-state index in [0.29, 0.717) is 0 Å². The fraction of sp³-hybridized carbons (Fsp3) is 0.0769. The molecule has 0 aliphatic carbocycles. The first-order valence-corrected chi connectivity index (χ1v) is 7.10. The summed E-state index contributed by atoms with van der Waals surface area (Å²) >= 11 is 0. The second kappa shape index (κ2) is 5.33. The number of hydrogen-bond acceptors (Lipinski definition) is 2. The largest absolute Gasteiger partial charge is 0.295 e. The number of hydrogen-bond donors (Lipinski definition) is 1. The van der Waals surface area contributed by atoms with Gasteiger partial charge in [0, 0.05) is 5.56 Å². The van der Waals surface area contributed by atoms with Crippen LogP contribution in [0.4, 0.5) is 22.0 Å². The van der Waals surface area contributed by atoms with E-state index in [0.717, 1.165) is 12.1 Å². The van der Waals surface area contributed by atoms with Crippen LogP contribution in [0.2, 0.25) is 0 Å². The van der Waals surface area contributed by atoms with Crippen molar-refractivity contribution in [1.29, 1.82) is 0 Å². The first-order valence-electron chi connectivity index (χ1n) is 5.66. The quantitative estimate of drug-likeness (QED) is 0.394. The van der Waals surface area contributed by atoms with E-state index in [2.05, 4.69) is 0 Å². The molecular weight excluding hydrogens is 331 g/mol. The lowest BCUT2D eigenvalue weighted by Gasteiger charge is -2.14. The molecule has 1 N–H and O–H groups in total. The summed E-state index contributed by atoms with van der Waals surface area (Å²) < 4.78 is 99.0. The average molecular weight is 338 g/mol. The van der Waals surface area contributed by atoms with Crippen LogP contribution in [0.5, 0.6) is 0 Å². The third kappa shape index (κ3) is 2.46. The van der Waals surface area contributed by atoms with Crippen LogP contribution in [0.25, 0.3) is 11.1 Å². The number of benzene rings is 2. The van der Waals surface area contributed by atoms with E-state index in [1.54, 1.807) is 0 Å². The Kier molecular flexibility index (Phi) is 3.96. The molecule has 9 heteroatoms. The van der Waals surface area contributed by atoms with Crippen LogP contribution in [0.3, 0.4) is 0 Å². The van der Waals surface area contributed by atoms with E-state index in [-0.39, 0.29) is 5.56 Å². The Labute approximate surface area is 121 Å². The Morgan fingerprint density at radius 3 is 1.73 bits per heavy atom. The highest BCUT2D eigenvalue weighted by atomic mass is 32.2. The van der Waals surface area contributed by atoms with Crippen molar-refractivity contribution < 1.29 is 34.9 Å². The van der Waals surface area contributed by atoms with Crippen molar-refractivity contribution in [2.24, 2.45) is 0 Å². The zero-order valence-electron chi connectivity index (χ0n) is 10.8. The molecule has 0 aliphatic heterocycles. The molecule has 0 bridgehead atoms. The SMILES string of the molecule is Cc1cccc(S(=O)(=O)O)c1-c1c(F)c(F)c(F)c(F)c1F. The summed E-state index contributed by atoms with van der Waals surface area (Å²) in [6.45, 7) is 1.20. The molecule has 0 spiro atoms. The Morgan fingerprint density at radius 1 is 0.818 bits per heavy atom. The summed E-state index contributed by atoms with van der Waals surface area (Å²) in [5, 5.41) is 0. The molecule has 0 saturated carbocycles. The first kappa shape index (κ1) is 16.4. The molecule has 0 heterocycles. The van der Waals surface area contributed by atoms with Crippen LogP contribution in [-0.2, 0) is 10.1 Å². The van der Waals surface area contributed by atoms with E-state index < -0.39 is 55.2 Å². The highest BCUT2D eigenvalue weighted by molar-refractivity contribution is 7.86. The lowest BCUT2D eigenvalue weighted by molar-refractivity contribution is 0.381. The predicted molar refractivity (Wildman–Crippen MR) is 66.2 cm³/mol. The third-order valence-electron chi connectivity index (χ3n) is 2.97. The molecule has 2 rings (SSSR count). The number of aryl methyl sites for hydroxylation is 1. The minimum absolute atomic E-state index is 0.0988. The number of halogens is 5. The Hall–Kier alpha value is -2.00. The van der Waals surface area contributed by atoms with E-state index >= 15 is 0 Å². The summed E-state index contributed by atoms with van der Waals surface area (Å²) in [6, 6.07) is 3.13. The van der Waals surface area contributed by atoms with E-state index in [4.69, 9.17) is 4.55 Å². The molecule has 0 aromatic heterocycles. The van der Waals surface area contributed by atoms with Crippen LogP contribution in [0.15, 0.2) is 23.1 Å². The summed E-state index contributed by atoms with van der Waals surface area (Å²) in [5.74, 6) is -11.1. The van der Waals surface area contributed by atoms with E-state index in [1.807, 2.05) is 0 Å². The van der Waals surface area contributed by atoms with Gasteiger partial charge in [0.15, 0.2) is 23.3 Å². The van der Waals surface area contributed by atoms with Gasteiger partial charge in [0.1, 0.15) is 4.90 Å². The summed E-state index contributed by atoms with van der Waals surface area (Å²) in [6.07, 6.45) is 0.